The molecular formula is C23H25ClN6O4. The summed E-state index contributed by atoms with van der Waals surface area (Å²) < 4.78 is 10.2. The maximum Gasteiger partial charge on any atom is 0.319 e. The van der Waals surface area contributed by atoms with Gasteiger partial charge in [-0.1, -0.05) is 16.8 Å². The van der Waals surface area contributed by atoms with Crippen LogP contribution >= 0.6 is 11.6 Å². The van der Waals surface area contributed by atoms with Crippen LogP contribution in [0.4, 0.5) is 16.4 Å². The summed E-state index contributed by atoms with van der Waals surface area (Å²) in [7, 11) is 1.58. The first-order valence-corrected chi connectivity index (χ1v) is 11.1. The molecular weight excluding hydrogens is 460 g/mol. The van der Waals surface area contributed by atoms with Crippen LogP contribution in [0.1, 0.15) is 18.0 Å². The lowest BCUT2D eigenvalue weighted by atomic mass is 9.88. The van der Waals surface area contributed by atoms with Crippen LogP contribution in [0.2, 0.25) is 5.02 Å². The van der Waals surface area contributed by atoms with E-state index >= 15 is 0 Å². The Labute approximate surface area is 201 Å². The van der Waals surface area contributed by atoms with E-state index in [9.17, 15) is 9.59 Å². The highest BCUT2D eigenvalue weighted by Crippen LogP contribution is 2.27. The van der Waals surface area contributed by atoms with Crippen molar-refractivity contribution in [3.8, 4) is 5.75 Å². The smallest absolute Gasteiger partial charge is 0.319 e. The molecule has 0 aliphatic carbocycles. The molecule has 0 bridgehead atoms. The van der Waals surface area contributed by atoms with Gasteiger partial charge in [-0.3, -0.25) is 20.0 Å². The number of amides is 3. The van der Waals surface area contributed by atoms with Crippen molar-refractivity contribution in [2.45, 2.75) is 18.4 Å². The molecule has 3 aromatic rings. The monoisotopic (exact) mass is 484 g/mol. The van der Waals surface area contributed by atoms with E-state index in [0.29, 0.717) is 41.9 Å². The predicted molar refractivity (Wildman–Crippen MR) is 127 cm³/mol. The zero-order valence-corrected chi connectivity index (χ0v) is 19.3. The van der Waals surface area contributed by atoms with E-state index in [1.165, 1.54) is 6.20 Å². The molecule has 1 aliphatic heterocycles. The molecule has 1 saturated heterocycles. The second-order valence-corrected chi connectivity index (χ2v) is 8.33. The minimum Gasteiger partial charge on any atom is -0.495 e. The fourth-order valence-electron chi connectivity index (χ4n) is 3.90. The van der Waals surface area contributed by atoms with E-state index in [2.05, 4.69) is 26.1 Å². The van der Waals surface area contributed by atoms with E-state index in [0.717, 1.165) is 5.69 Å². The van der Waals surface area contributed by atoms with Crippen molar-refractivity contribution in [2.75, 3.05) is 37.4 Å². The number of likely N-dealkylation sites (tertiary alicyclic amines) is 1. The molecule has 0 radical (unpaired) electrons. The minimum atomic E-state index is -0.317. The van der Waals surface area contributed by atoms with Gasteiger partial charge in [-0.15, -0.1) is 0 Å². The standard InChI is InChI=1S/C23H25ClN6O4/c1-33-17-6-7-19(25-12-17)18-13-30(14-21(31)29-22-8-10-26-34-22)11-9-20(18)28-23(32)27-16-4-2-15(24)3-5-16/h2-8,10,12,18,20H,9,11,13-14H2,1H3,(H,29,31)(H2,27,28,32)/t18-,20+/m0/s1. The van der Waals surface area contributed by atoms with Gasteiger partial charge in [0.25, 0.3) is 0 Å². The SMILES string of the molecule is COc1ccc([C@@H]2CN(CC(=O)Nc3ccno3)CC[C@H]2NC(=O)Nc2ccc(Cl)cc2)nc1. The number of methoxy groups -OCH3 is 1. The number of carbonyl (C=O) groups excluding carboxylic acids is 2. The Kier molecular flexibility index (Phi) is 7.61. The fraction of sp³-hybridized carbons (Fsp3) is 0.304. The van der Waals surface area contributed by atoms with Gasteiger partial charge in [0.2, 0.25) is 11.8 Å². The summed E-state index contributed by atoms with van der Waals surface area (Å²) in [5, 5.41) is 12.8. The first-order valence-electron chi connectivity index (χ1n) is 10.8. The van der Waals surface area contributed by atoms with Crippen molar-refractivity contribution in [3.63, 3.8) is 0 Å². The van der Waals surface area contributed by atoms with Gasteiger partial charge in [0, 0.05) is 47.5 Å². The molecule has 2 aromatic heterocycles. The van der Waals surface area contributed by atoms with Crippen LogP contribution in [0.25, 0.3) is 0 Å². The summed E-state index contributed by atoms with van der Waals surface area (Å²) in [6.45, 7) is 1.34. The molecule has 0 saturated carbocycles. The Balaban J connectivity index is 1.43. The zero-order chi connectivity index (χ0) is 23.9. The van der Waals surface area contributed by atoms with Crippen LogP contribution < -0.4 is 20.7 Å². The van der Waals surface area contributed by atoms with Crippen molar-refractivity contribution in [1.29, 1.82) is 0 Å². The number of hydrogen-bond acceptors (Lipinski definition) is 7. The van der Waals surface area contributed by atoms with Crippen LogP contribution in [0.3, 0.4) is 0 Å². The minimum absolute atomic E-state index is 0.131. The summed E-state index contributed by atoms with van der Waals surface area (Å²) in [4.78, 5) is 31.7. The van der Waals surface area contributed by atoms with Gasteiger partial charge < -0.3 is 19.9 Å². The van der Waals surface area contributed by atoms with Crippen molar-refractivity contribution in [2.24, 2.45) is 0 Å². The first-order chi connectivity index (χ1) is 16.5. The number of nitrogens with one attached hydrogen (secondary N) is 3. The highest BCUT2D eigenvalue weighted by molar-refractivity contribution is 6.30. The molecule has 11 heteroatoms. The number of rotatable bonds is 7. The van der Waals surface area contributed by atoms with Crippen LogP contribution in [-0.2, 0) is 4.79 Å². The molecule has 1 aromatic carbocycles. The maximum atomic E-state index is 12.7. The third-order valence-electron chi connectivity index (χ3n) is 5.56. The highest BCUT2D eigenvalue weighted by Gasteiger charge is 2.33. The quantitative estimate of drug-likeness (QED) is 0.470. The van der Waals surface area contributed by atoms with Gasteiger partial charge >= 0.3 is 6.03 Å². The van der Waals surface area contributed by atoms with Gasteiger partial charge in [-0.05, 0) is 42.8 Å². The average Bonchev–Trinajstić information content (AvgIpc) is 3.34. The summed E-state index contributed by atoms with van der Waals surface area (Å²) >= 11 is 5.92. The van der Waals surface area contributed by atoms with Crippen molar-refractivity contribution >= 4 is 35.1 Å². The number of ether oxygens (including phenoxy) is 1. The third kappa shape index (κ3) is 6.24. The lowest BCUT2D eigenvalue weighted by molar-refractivity contribution is -0.117. The second-order valence-electron chi connectivity index (χ2n) is 7.89. The summed E-state index contributed by atoms with van der Waals surface area (Å²) in [6, 6.07) is 11.7. The number of aromatic nitrogens is 2. The van der Waals surface area contributed by atoms with Crippen molar-refractivity contribution in [1.82, 2.24) is 20.4 Å². The van der Waals surface area contributed by atoms with Crippen LogP contribution in [-0.4, -0.2) is 59.8 Å². The molecule has 3 N–H and O–H groups in total. The predicted octanol–water partition coefficient (Wildman–Crippen LogP) is 3.35. The molecule has 0 unspecified atom stereocenters. The fourth-order valence-corrected chi connectivity index (χ4v) is 4.02. The molecule has 34 heavy (non-hydrogen) atoms. The highest BCUT2D eigenvalue weighted by atomic mass is 35.5. The molecule has 3 heterocycles. The number of piperidine rings is 1. The number of anilines is 2. The molecule has 1 aliphatic rings. The molecule has 0 spiro atoms. The van der Waals surface area contributed by atoms with E-state index in [-0.39, 0.29) is 30.4 Å². The van der Waals surface area contributed by atoms with E-state index in [1.54, 1.807) is 43.6 Å². The van der Waals surface area contributed by atoms with Crippen molar-refractivity contribution < 1.29 is 18.8 Å². The van der Waals surface area contributed by atoms with E-state index in [1.807, 2.05) is 17.0 Å². The van der Waals surface area contributed by atoms with Crippen LogP contribution in [0.5, 0.6) is 5.75 Å². The number of urea groups is 1. The van der Waals surface area contributed by atoms with E-state index < -0.39 is 0 Å². The maximum absolute atomic E-state index is 12.7. The largest absolute Gasteiger partial charge is 0.495 e. The Bertz CT molecular complexity index is 1090. The third-order valence-corrected chi connectivity index (χ3v) is 5.81. The molecule has 10 nitrogen and oxygen atoms in total. The second kappa shape index (κ2) is 11.0. The molecule has 4 rings (SSSR count). The van der Waals surface area contributed by atoms with E-state index in [4.69, 9.17) is 20.9 Å². The topological polar surface area (TPSA) is 122 Å². The Morgan fingerprint density at radius 1 is 1.18 bits per heavy atom. The van der Waals surface area contributed by atoms with Gasteiger partial charge in [0.05, 0.1) is 26.0 Å². The van der Waals surface area contributed by atoms with Gasteiger partial charge in [-0.2, -0.15) is 0 Å². The van der Waals surface area contributed by atoms with Crippen LogP contribution in [0, 0.1) is 0 Å². The average molecular weight is 485 g/mol. The number of pyridine rings is 1. The zero-order valence-electron chi connectivity index (χ0n) is 18.5. The van der Waals surface area contributed by atoms with Gasteiger partial charge in [0.15, 0.2) is 0 Å². The molecule has 2 atom stereocenters. The Morgan fingerprint density at radius 3 is 2.68 bits per heavy atom. The van der Waals surface area contributed by atoms with Gasteiger partial charge in [0.1, 0.15) is 5.75 Å². The van der Waals surface area contributed by atoms with Crippen molar-refractivity contribution in [3.05, 3.63) is 65.6 Å². The Morgan fingerprint density at radius 2 is 2.00 bits per heavy atom. The normalized spacial score (nSPS) is 18.2. The molecule has 178 valence electrons. The summed E-state index contributed by atoms with van der Waals surface area (Å²) in [5.41, 5.74) is 1.44. The van der Waals surface area contributed by atoms with Gasteiger partial charge in [-0.25, -0.2) is 4.79 Å². The summed E-state index contributed by atoms with van der Waals surface area (Å²) in [5.74, 6) is 0.611. The number of halogens is 1. The number of nitrogens with zero attached hydrogens (tertiary/aromatic N) is 3. The molecule has 3 amide bonds. The number of carbonyl (C=O) groups is 2. The molecule has 1 fully saturated rings. The number of hydrogen-bond donors (Lipinski definition) is 3. The first kappa shape index (κ1) is 23.5. The Hall–Kier alpha value is -3.63. The van der Waals surface area contributed by atoms with Crippen LogP contribution in [0.15, 0.2) is 59.4 Å². The lowest BCUT2D eigenvalue weighted by Crippen LogP contribution is -2.52. The lowest BCUT2D eigenvalue weighted by Gasteiger charge is -2.38. The summed E-state index contributed by atoms with van der Waals surface area (Å²) in [6.07, 6.45) is 3.75. The number of benzene rings is 1.